The first-order chi connectivity index (χ1) is 15.3. The molecule has 1 heterocycles. The Labute approximate surface area is 184 Å². The fourth-order valence-electron chi connectivity index (χ4n) is 4.39. The molecule has 0 saturated carbocycles. The van der Waals surface area contributed by atoms with Crippen LogP contribution in [0, 0.1) is 0 Å². The Morgan fingerprint density at radius 3 is 2.48 bits per heavy atom. The third-order valence-corrected chi connectivity index (χ3v) is 6.04. The lowest BCUT2D eigenvalue weighted by Crippen LogP contribution is -2.37. The van der Waals surface area contributed by atoms with Gasteiger partial charge in [-0.3, -0.25) is 15.6 Å². The first-order valence-electron chi connectivity index (χ1n) is 11.7. The average molecular weight is 419 g/mol. The molecule has 0 amide bonds. The van der Waals surface area contributed by atoms with Crippen LogP contribution in [0.1, 0.15) is 43.2 Å². The van der Waals surface area contributed by atoms with Crippen molar-refractivity contribution in [1.29, 1.82) is 0 Å². The van der Waals surface area contributed by atoms with E-state index in [0.717, 1.165) is 50.9 Å². The molecule has 3 aliphatic rings. The summed E-state index contributed by atoms with van der Waals surface area (Å²) >= 11 is 0. The third kappa shape index (κ3) is 5.89. The standard InChI is InChI=1S/C18H14O.C8H20N4/c19-14-7-10-16-13(11-14)6-9-17-15-4-2-1-3-12(15)5-8-18(16)17;1-2-6-11-12-7-3-5-10-8-9-4-1/h1,3,5-6,8-11H,2,4,7H2;9-12H,1-8H2. The van der Waals surface area contributed by atoms with Crippen LogP contribution < -0.4 is 31.9 Å². The highest BCUT2D eigenvalue weighted by molar-refractivity contribution is 6.10. The van der Waals surface area contributed by atoms with Gasteiger partial charge in [0.15, 0.2) is 5.78 Å². The highest BCUT2D eigenvalue weighted by atomic mass is 16.1. The van der Waals surface area contributed by atoms with Crippen LogP contribution in [-0.2, 0) is 11.2 Å². The highest BCUT2D eigenvalue weighted by Gasteiger charge is 2.11. The van der Waals surface area contributed by atoms with Crippen molar-refractivity contribution in [2.24, 2.45) is 0 Å². The molecule has 2 aliphatic carbocycles. The van der Waals surface area contributed by atoms with Crippen molar-refractivity contribution in [3.8, 4) is 0 Å². The van der Waals surface area contributed by atoms with Crippen molar-refractivity contribution in [1.82, 2.24) is 21.5 Å². The quantitative estimate of drug-likeness (QED) is 0.525. The number of carbonyl (C=O) groups excluding carboxylic acids is 1. The van der Waals surface area contributed by atoms with Crippen LogP contribution in [0.4, 0.5) is 0 Å². The van der Waals surface area contributed by atoms with E-state index in [2.05, 4.69) is 64.0 Å². The second-order valence-corrected chi connectivity index (χ2v) is 8.35. The number of nitrogens with one attached hydrogen (secondary N) is 4. The number of hydrogen-bond donors (Lipinski definition) is 4. The summed E-state index contributed by atoms with van der Waals surface area (Å²) in [5.74, 6) is 0.202. The Morgan fingerprint density at radius 1 is 0.806 bits per heavy atom. The molecule has 1 fully saturated rings. The van der Waals surface area contributed by atoms with Crippen molar-refractivity contribution < 1.29 is 4.79 Å². The van der Waals surface area contributed by atoms with E-state index >= 15 is 0 Å². The fourth-order valence-corrected chi connectivity index (χ4v) is 4.39. The molecule has 5 rings (SSSR count). The van der Waals surface area contributed by atoms with E-state index in [-0.39, 0.29) is 5.78 Å². The van der Waals surface area contributed by atoms with Crippen LogP contribution in [0.2, 0.25) is 0 Å². The largest absolute Gasteiger partial charge is 0.304 e. The summed E-state index contributed by atoms with van der Waals surface area (Å²) < 4.78 is 0. The number of carbonyl (C=O) groups is 1. The van der Waals surface area contributed by atoms with Gasteiger partial charge in [0, 0.05) is 26.2 Å². The van der Waals surface area contributed by atoms with Gasteiger partial charge in [-0.2, -0.15) is 0 Å². The van der Waals surface area contributed by atoms with Crippen molar-refractivity contribution in [3.63, 3.8) is 0 Å². The Morgan fingerprint density at radius 2 is 1.58 bits per heavy atom. The maximum absolute atomic E-state index is 11.5. The Hall–Kier alpha value is -2.31. The van der Waals surface area contributed by atoms with Gasteiger partial charge in [-0.05, 0) is 83.6 Å². The van der Waals surface area contributed by atoms with Gasteiger partial charge in [0.1, 0.15) is 0 Å². The zero-order valence-corrected chi connectivity index (χ0v) is 18.3. The SMILES string of the molecule is C1CCNNCCCNCNC1.O=C1C=c2ccc3c4c(ccc3c2=CC1)C=CCC4. The topological polar surface area (TPSA) is 65.2 Å². The minimum atomic E-state index is 0.202. The second-order valence-electron chi connectivity index (χ2n) is 8.35. The first kappa shape index (κ1) is 21.9. The van der Waals surface area contributed by atoms with E-state index in [4.69, 9.17) is 0 Å². The van der Waals surface area contributed by atoms with Crippen molar-refractivity contribution in [2.75, 3.05) is 32.8 Å². The van der Waals surface area contributed by atoms with Crippen LogP contribution in [0.5, 0.6) is 0 Å². The second kappa shape index (κ2) is 11.3. The number of rotatable bonds is 0. The summed E-state index contributed by atoms with van der Waals surface area (Å²) in [6.07, 6.45) is 14.7. The molecule has 1 aliphatic heterocycles. The van der Waals surface area contributed by atoms with E-state index in [1.165, 1.54) is 46.4 Å². The van der Waals surface area contributed by atoms with Gasteiger partial charge in [0.2, 0.25) is 0 Å². The predicted octanol–water partition coefficient (Wildman–Crippen LogP) is 1.73. The van der Waals surface area contributed by atoms with Crippen molar-refractivity contribution in [3.05, 3.63) is 51.9 Å². The maximum Gasteiger partial charge on any atom is 0.160 e. The lowest BCUT2D eigenvalue weighted by molar-refractivity contribution is -0.112. The molecule has 5 heteroatoms. The molecule has 0 unspecified atom stereocenters. The van der Waals surface area contributed by atoms with E-state index in [1.54, 1.807) is 6.08 Å². The van der Waals surface area contributed by atoms with Gasteiger partial charge in [-0.1, -0.05) is 42.5 Å². The van der Waals surface area contributed by atoms with Crippen LogP contribution in [0.15, 0.2) is 30.3 Å². The molecular formula is C26H34N4O. The Kier molecular flexibility index (Phi) is 8.02. The van der Waals surface area contributed by atoms with Gasteiger partial charge in [-0.25, -0.2) is 0 Å². The molecule has 0 aromatic heterocycles. The van der Waals surface area contributed by atoms with Gasteiger partial charge in [0.25, 0.3) is 0 Å². The summed E-state index contributed by atoms with van der Waals surface area (Å²) in [4.78, 5) is 11.5. The van der Waals surface area contributed by atoms with Crippen LogP contribution in [0.25, 0.3) is 29.0 Å². The van der Waals surface area contributed by atoms with Gasteiger partial charge in [0.05, 0.1) is 0 Å². The van der Waals surface area contributed by atoms with Crippen molar-refractivity contribution >= 4 is 34.8 Å². The molecule has 2 aromatic carbocycles. The molecule has 0 bridgehead atoms. The highest BCUT2D eigenvalue weighted by Crippen LogP contribution is 2.26. The Bertz CT molecular complexity index is 1010. The van der Waals surface area contributed by atoms with E-state index in [0.29, 0.717) is 6.42 Å². The molecule has 0 radical (unpaired) electrons. The lowest BCUT2D eigenvalue weighted by Gasteiger charge is -2.14. The first-order valence-corrected chi connectivity index (χ1v) is 11.7. The predicted molar refractivity (Wildman–Crippen MR) is 130 cm³/mol. The van der Waals surface area contributed by atoms with Crippen LogP contribution >= 0.6 is 0 Å². The summed E-state index contributed by atoms with van der Waals surface area (Å²) in [6, 6.07) is 8.67. The number of allylic oxidation sites excluding steroid dienone is 1. The zero-order valence-electron chi connectivity index (χ0n) is 18.3. The number of ketones is 1. The number of Topliss-reactive ketones (excluding diaryl/α,β-unsaturated/α-hetero) is 1. The molecular weight excluding hydrogens is 384 g/mol. The molecule has 2 aromatic rings. The molecule has 0 spiro atoms. The zero-order chi connectivity index (χ0) is 21.3. The summed E-state index contributed by atoms with van der Waals surface area (Å²) in [7, 11) is 0. The van der Waals surface area contributed by atoms with E-state index in [9.17, 15) is 4.79 Å². The normalized spacial score (nSPS) is 19.4. The van der Waals surface area contributed by atoms with Gasteiger partial charge < -0.3 is 10.6 Å². The summed E-state index contributed by atoms with van der Waals surface area (Å²) in [5.41, 5.74) is 9.18. The van der Waals surface area contributed by atoms with Gasteiger partial charge in [-0.15, -0.1) is 0 Å². The minimum absolute atomic E-state index is 0.202. The maximum atomic E-state index is 11.5. The smallest absolute Gasteiger partial charge is 0.160 e. The summed E-state index contributed by atoms with van der Waals surface area (Å²) in [6.45, 7) is 5.28. The molecule has 31 heavy (non-hydrogen) atoms. The number of hydrazine groups is 1. The number of fused-ring (bicyclic) bond motifs is 5. The number of benzene rings is 2. The molecule has 164 valence electrons. The van der Waals surface area contributed by atoms with E-state index in [1.807, 2.05) is 0 Å². The summed E-state index contributed by atoms with van der Waals surface area (Å²) in [5, 5.41) is 11.6. The van der Waals surface area contributed by atoms with Crippen LogP contribution in [-0.4, -0.2) is 38.6 Å². The van der Waals surface area contributed by atoms with Crippen LogP contribution in [0.3, 0.4) is 0 Å². The fraction of sp³-hybridized carbons (Fsp3) is 0.423. The van der Waals surface area contributed by atoms with E-state index < -0.39 is 0 Å². The average Bonchev–Trinajstić information content (AvgIpc) is 2.79. The Balaban J connectivity index is 0.000000168. The molecule has 5 nitrogen and oxygen atoms in total. The van der Waals surface area contributed by atoms with Crippen molar-refractivity contribution in [2.45, 2.75) is 38.5 Å². The molecule has 1 saturated heterocycles. The lowest BCUT2D eigenvalue weighted by atomic mass is 9.90. The monoisotopic (exact) mass is 418 g/mol. The third-order valence-electron chi connectivity index (χ3n) is 6.04. The molecule has 0 atom stereocenters. The van der Waals surface area contributed by atoms with Gasteiger partial charge >= 0.3 is 0 Å². The minimum Gasteiger partial charge on any atom is -0.304 e. The number of hydrogen-bond acceptors (Lipinski definition) is 5. The molecule has 4 N–H and O–H groups in total. The number of aryl methyl sites for hydroxylation is 1.